The van der Waals surface area contributed by atoms with Gasteiger partial charge in [0.25, 0.3) is 0 Å². The van der Waals surface area contributed by atoms with Crippen molar-refractivity contribution in [1.29, 1.82) is 0 Å². The van der Waals surface area contributed by atoms with Gasteiger partial charge in [0.05, 0.1) is 18.8 Å². The van der Waals surface area contributed by atoms with Gasteiger partial charge in [-0.3, -0.25) is 11.3 Å². The predicted octanol–water partition coefficient (Wildman–Crippen LogP) is 1.46. The monoisotopic (exact) mass is 242 g/mol. The van der Waals surface area contributed by atoms with Crippen LogP contribution in [0.5, 0.6) is 0 Å². The van der Waals surface area contributed by atoms with Crippen LogP contribution in [0.2, 0.25) is 0 Å². The lowest BCUT2D eigenvalue weighted by atomic mass is 10.0. The Labute approximate surface area is 98.5 Å². The van der Waals surface area contributed by atoms with Gasteiger partial charge in [-0.05, 0) is 17.7 Å². The van der Waals surface area contributed by atoms with Crippen molar-refractivity contribution >= 4 is 11.8 Å². The van der Waals surface area contributed by atoms with E-state index in [1.165, 1.54) is 12.1 Å². The summed E-state index contributed by atoms with van der Waals surface area (Å²) in [6.07, 6.45) is 0.00514. The fourth-order valence-corrected chi connectivity index (χ4v) is 2.72. The summed E-state index contributed by atoms with van der Waals surface area (Å²) >= 11 is 1.83. The van der Waals surface area contributed by atoms with Crippen LogP contribution >= 0.6 is 11.8 Å². The highest BCUT2D eigenvalue weighted by atomic mass is 32.2. The van der Waals surface area contributed by atoms with Gasteiger partial charge in [0.2, 0.25) is 0 Å². The van der Waals surface area contributed by atoms with E-state index in [-0.39, 0.29) is 18.0 Å². The zero-order valence-corrected chi connectivity index (χ0v) is 9.67. The SMILES string of the molecule is NNC(c1cccc(F)c1)C1CSCCO1. The van der Waals surface area contributed by atoms with E-state index >= 15 is 0 Å². The van der Waals surface area contributed by atoms with Gasteiger partial charge in [0.1, 0.15) is 5.82 Å². The molecule has 0 saturated carbocycles. The fourth-order valence-electron chi connectivity index (χ4n) is 1.82. The Balaban J connectivity index is 2.14. The Kier molecular flexibility index (Phi) is 4.17. The minimum absolute atomic E-state index is 0.00514. The van der Waals surface area contributed by atoms with Crippen molar-refractivity contribution < 1.29 is 9.13 Å². The number of hydrogen-bond acceptors (Lipinski definition) is 4. The first-order valence-electron chi connectivity index (χ1n) is 5.22. The van der Waals surface area contributed by atoms with Crippen molar-refractivity contribution in [3.05, 3.63) is 35.6 Å². The first-order chi connectivity index (χ1) is 7.81. The molecule has 1 aromatic rings. The Morgan fingerprint density at radius 3 is 3.06 bits per heavy atom. The maximum Gasteiger partial charge on any atom is 0.123 e. The second kappa shape index (κ2) is 5.63. The smallest absolute Gasteiger partial charge is 0.123 e. The van der Waals surface area contributed by atoms with Gasteiger partial charge in [-0.1, -0.05) is 12.1 Å². The molecule has 1 aliphatic rings. The number of benzene rings is 1. The number of rotatable bonds is 3. The Morgan fingerprint density at radius 1 is 1.56 bits per heavy atom. The summed E-state index contributed by atoms with van der Waals surface area (Å²) < 4.78 is 18.8. The molecule has 1 aromatic carbocycles. The number of nitrogens with one attached hydrogen (secondary N) is 1. The third kappa shape index (κ3) is 2.74. The summed E-state index contributed by atoms with van der Waals surface area (Å²) in [7, 11) is 0. The molecule has 1 aliphatic heterocycles. The molecule has 2 atom stereocenters. The molecule has 2 unspecified atom stereocenters. The number of thioether (sulfide) groups is 1. The number of halogens is 1. The van der Waals surface area contributed by atoms with Crippen LogP contribution < -0.4 is 11.3 Å². The zero-order chi connectivity index (χ0) is 11.4. The summed E-state index contributed by atoms with van der Waals surface area (Å²) in [6, 6.07) is 6.31. The molecular weight excluding hydrogens is 227 g/mol. The van der Waals surface area contributed by atoms with Crippen LogP contribution in [-0.2, 0) is 4.74 Å². The molecular formula is C11H15FN2OS. The number of hydrogen-bond donors (Lipinski definition) is 2. The zero-order valence-electron chi connectivity index (χ0n) is 8.86. The molecule has 0 amide bonds. The van der Waals surface area contributed by atoms with Crippen LogP contribution in [0, 0.1) is 5.82 Å². The van der Waals surface area contributed by atoms with E-state index in [1.54, 1.807) is 6.07 Å². The highest BCUT2D eigenvalue weighted by molar-refractivity contribution is 7.99. The summed E-state index contributed by atoms with van der Waals surface area (Å²) in [6.45, 7) is 0.725. The average Bonchev–Trinajstić information content (AvgIpc) is 2.31. The van der Waals surface area contributed by atoms with Crippen molar-refractivity contribution in [1.82, 2.24) is 5.43 Å². The van der Waals surface area contributed by atoms with Crippen LogP contribution in [0.4, 0.5) is 4.39 Å². The first-order valence-corrected chi connectivity index (χ1v) is 6.37. The highest BCUT2D eigenvalue weighted by Crippen LogP contribution is 2.25. The van der Waals surface area contributed by atoms with Crippen molar-refractivity contribution in [2.24, 2.45) is 5.84 Å². The number of ether oxygens (including phenoxy) is 1. The minimum atomic E-state index is -0.249. The fraction of sp³-hybridized carbons (Fsp3) is 0.455. The Bertz CT molecular complexity index is 345. The Hall–Kier alpha value is -0.620. The van der Waals surface area contributed by atoms with Crippen LogP contribution in [0.1, 0.15) is 11.6 Å². The van der Waals surface area contributed by atoms with Gasteiger partial charge in [-0.15, -0.1) is 0 Å². The van der Waals surface area contributed by atoms with Gasteiger partial charge in [-0.25, -0.2) is 4.39 Å². The largest absolute Gasteiger partial charge is 0.374 e. The maximum atomic E-state index is 13.1. The van der Waals surface area contributed by atoms with Gasteiger partial charge in [0.15, 0.2) is 0 Å². The number of hydrazine groups is 1. The predicted molar refractivity (Wildman–Crippen MR) is 63.5 cm³/mol. The second-order valence-electron chi connectivity index (χ2n) is 3.68. The summed E-state index contributed by atoms with van der Waals surface area (Å²) in [4.78, 5) is 0. The molecule has 0 radical (unpaired) electrons. The standard InChI is InChI=1S/C11H15FN2OS/c12-9-3-1-2-8(6-9)11(14-13)10-7-16-5-4-15-10/h1-3,6,10-11,14H,4-5,7,13H2. The molecule has 0 aromatic heterocycles. The molecule has 1 heterocycles. The molecule has 0 aliphatic carbocycles. The van der Waals surface area contributed by atoms with Crippen molar-refractivity contribution in [3.8, 4) is 0 Å². The van der Waals surface area contributed by atoms with E-state index in [0.29, 0.717) is 0 Å². The molecule has 1 saturated heterocycles. The molecule has 0 spiro atoms. The molecule has 1 fully saturated rings. The molecule has 88 valence electrons. The van der Waals surface area contributed by atoms with Gasteiger partial charge < -0.3 is 4.74 Å². The third-order valence-electron chi connectivity index (χ3n) is 2.60. The second-order valence-corrected chi connectivity index (χ2v) is 4.83. The summed E-state index contributed by atoms with van der Waals surface area (Å²) in [5.41, 5.74) is 3.54. The lowest BCUT2D eigenvalue weighted by Gasteiger charge is -2.29. The average molecular weight is 242 g/mol. The molecule has 0 bridgehead atoms. The molecule has 16 heavy (non-hydrogen) atoms. The highest BCUT2D eigenvalue weighted by Gasteiger charge is 2.25. The first kappa shape index (κ1) is 11.9. The van der Waals surface area contributed by atoms with Crippen LogP contribution in [-0.4, -0.2) is 24.2 Å². The van der Waals surface area contributed by atoms with E-state index in [9.17, 15) is 4.39 Å². The van der Waals surface area contributed by atoms with E-state index in [1.807, 2.05) is 17.8 Å². The van der Waals surface area contributed by atoms with Crippen molar-refractivity contribution in [3.63, 3.8) is 0 Å². The van der Waals surface area contributed by atoms with E-state index in [4.69, 9.17) is 10.6 Å². The van der Waals surface area contributed by atoms with Gasteiger partial charge in [-0.2, -0.15) is 11.8 Å². The summed E-state index contributed by atoms with van der Waals surface area (Å²) in [5.74, 6) is 7.17. The molecule has 5 heteroatoms. The molecule has 3 nitrogen and oxygen atoms in total. The molecule has 3 N–H and O–H groups in total. The van der Waals surface area contributed by atoms with Crippen LogP contribution in [0.3, 0.4) is 0 Å². The quantitative estimate of drug-likeness (QED) is 0.622. The lowest BCUT2D eigenvalue weighted by molar-refractivity contribution is 0.0467. The number of nitrogens with two attached hydrogens (primary N) is 1. The summed E-state index contributed by atoms with van der Waals surface area (Å²) in [5, 5.41) is 0. The third-order valence-corrected chi connectivity index (χ3v) is 3.62. The minimum Gasteiger partial charge on any atom is -0.374 e. The van der Waals surface area contributed by atoms with Crippen LogP contribution in [0.25, 0.3) is 0 Å². The van der Waals surface area contributed by atoms with Gasteiger partial charge in [0, 0.05) is 11.5 Å². The topological polar surface area (TPSA) is 47.3 Å². The van der Waals surface area contributed by atoms with Crippen molar-refractivity contribution in [2.45, 2.75) is 12.1 Å². The lowest BCUT2D eigenvalue weighted by Crippen LogP contribution is -2.41. The normalized spacial score (nSPS) is 23.0. The van der Waals surface area contributed by atoms with E-state index in [2.05, 4.69) is 5.43 Å². The van der Waals surface area contributed by atoms with Gasteiger partial charge >= 0.3 is 0 Å². The Morgan fingerprint density at radius 2 is 2.44 bits per heavy atom. The van der Waals surface area contributed by atoms with Crippen LogP contribution in [0.15, 0.2) is 24.3 Å². The van der Waals surface area contributed by atoms with E-state index < -0.39 is 0 Å². The maximum absolute atomic E-state index is 13.1. The molecule has 2 rings (SSSR count). The van der Waals surface area contributed by atoms with E-state index in [0.717, 1.165) is 23.7 Å². The van der Waals surface area contributed by atoms with Crippen molar-refractivity contribution in [2.75, 3.05) is 18.1 Å².